The van der Waals surface area contributed by atoms with Crippen LogP contribution in [0.15, 0.2) is 27.5 Å². The summed E-state index contributed by atoms with van der Waals surface area (Å²) < 4.78 is 4.41. The molecule has 1 aromatic heterocycles. The molecule has 0 radical (unpaired) electrons. The van der Waals surface area contributed by atoms with Crippen LogP contribution >= 0.6 is 23.3 Å². The van der Waals surface area contributed by atoms with Gasteiger partial charge in [0.2, 0.25) is 6.08 Å². The lowest BCUT2D eigenvalue weighted by Gasteiger charge is -1.91. The van der Waals surface area contributed by atoms with E-state index in [1.807, 2.05) is 18.2 Å². The highest BCUT2D eigenvalue weighted by Gasteiger charge is 2.01. The summed E-state index contributed by atoms with van der Waals surface area (Å²) in [5.41, 5.74) is 6.42. The van der Waals surface area contributed by atoms with E-state index in [4.69, 9.17) is 5.73 Å². The molecule has 1 aromatic carbocycles. The van der Waals surface area contributed by atoms with Gasteiger partial charge in [-0.15, -0.1) is 4.40 Å². The van der Waals surface area contributed by atoms with E-state index in [-0.39, 0.29) is 0 Å². The maximum atomic E-state index is 9.90. The van der Waals surface area contributed by atoms with Crippen LogP contribution < -0.4 is 5.73 Å². The van der Waals surface area contributed by atoms with Crippen molar-refractivity contribution in [1.29, 1.82) is 0 Å². The number of aromatic nitrogens is 1. The molecule has 4 nitrogen and oxygen atoms in total. The number of hydrogen-bond acceptors (Lipinski definition) is 6. The average Bonchev–Trinajstić information content (AvgIpc) is 2.54. The molecule has 2 N–H and O–H groups in total. The van der Waals surface area contributed by atoms with Gasteiger partial charge in [-0.25, -0.2) is 9.78 Å². The van der Waals surface area contributed by atoms with Gasteiger partial charge < -0.3 is 5.73 Å². The second-order valence-electron chi connectivity index (χ2n) is 2.46. The van der Waals surface area contributed by atoms with Gasteiger partial charge in [-0.1, -0.05) is 11.3 Å². The summed E-state index contributed by atoms with van der Waals surface area (Å²) in [6.07, 6.45) is 1.47. The van der Waals surface area contributed by atoms with Crippen molar-refractivity contribution in [3.63, 3.8) is 0 Å². The number of benzene rings is 1. The number of nitrogen functional groups attached to an aromatic ring is 1. The Morgan fingerprint density at radius 1 is 1.57 bits per heavy atom. The molecule has 2 rings (SSSR count). The molecule has 0 aliphatic rings. The van der Waals surface area contributed by atoms with E-state index in [1.165, 1.54) is 17.4 Å². The van der Waals surface area contributed by atoms with Crippen molar-refractivity contribution in [2.75, 3.05) is 5.73 Å². The van der Waals surface area contributed by atoms with Gasteiger partial charge in [0, 0.05) is 16.8 Å². The zero-order valence-electron chi connectivity index (χ0n) is 6.93. The molecule has 1 heterocycles. The van der Waals surface area contributed by atoms with Gasteiger partial charge in [-0.2, -0.15) is 0 Å². The number of rotatable bonds is 2. The monoisotopic (exact) mass is 223 g/mol. The molecule has 14 heavy (non-hydrogen) atoms. The van der Waals surface area contributed by atoms with Crippen molar-refractivity contribution in [3.05, 3.63) is 18.2 Å². The molecule has 0 atom stereocenters. The summed E-state index contributed by atoms with van der Waals surface area (Å²) in [6.45, 7) is 0. The fourth-order valence-corrected chi connectivity index (χ4v) is 2.34. The zero-order chi connectivity index (χ0) is 9.97. The number of fused-ring (bicyclic) bond motifs is 1. The molecular formula is C8H5N3OS2. The van der Waals surface area contributed by atoms with Gasteiger partial charge in [0.15, 0.2) is 5.13 Å². The highest BCUT2D eigenvalue weighted by Crippen LogP contribution is 2.28. The second-order valence-corrected chi connectivity index (χ2v) is 4.35. The predicted molar refractivity (Wildman–Crippen MR) is 58.0 cm³/mol. The van der Waals surface area contributed by atoms with Crippen LogP contribution in [0.4, 0.5) is 5.13 Å². The number of hydrogen-bond donors (Lipinski definition) is 1. The van der Waals surface area contributed by atoms with Gasteiger partial charge >= 0.3 is 0 Å². The Hall–Kier alpha value is -1.36. The third kappa shape index (κ3) is 1.77. The lowest BCUT2D eigenvalue weighted by Crippen LogP contribution is -1.78. The second kappa shape index (κ2) is 3.79. The maximum absolute atomic E-state index is 9.90. The van der Waals surface area contributed by atoms with E-state index >= 15 is 0 Å². The molecule has 0 bridgehead atoms. The lowest BCUT2D eigenvalue weighted by molar-refractivity contribution is 0.566. The maximum Gasteiger partial charge on any atom is 0.247 e. The molecule has 0 aliphatic heterocycles. The Labute approximate surface area is 88.0 Å². The Kier molecular flexibility index (Phi) is 2.49. The van der Waals surface area contributed by atoms with Crippen LogP contribution in [-0.2, 0) is 4.79 Å². The first-order valence-electron chi connectivity index (χ1n) is 3.70. The van der Waals surface area contributed by atoms with Crippen LogP contribution in [0.2, 0.25) is 0 Å². The largest absolute Gasteiger partial charge is 0.375 e. The lowest BCUT2D eigenvalue weighted by atomic mass is 10.3. The Morgan fingerprint density at radius 2 is 2.43 bits per heavy atom. The van der Waals surface area contributed by atoms with Crippen LogP contribution in [0.5, 0.6) is 0 Å². The number of thiazole rings is 1. The van der Waals surface area contributed by atoms with Crippen LogP contribution in [0.25, 0.3) is 10.2 Å². The molecule has 0 saturated carbocycles. The van der Waals surface area contributed by atoms with E-state index in [2.05, 4.69) is 9.38 Å². The van der Waals surface area contributed by atoms with Crippen molar-refractivity contribution in [2.24, 2.45) is 4.40 Å². The highest BCUT2D eigenvalue weighted by molar-refractivity contribution is 7.98. The number of nitrogens with zero attached hydrogens (tertiary/aromatic N) is 2. The Bertz CT molecular complexity index is 516. The summed E-state index contributed by atoms with van der Waals surface area (Å²) >= 11 is 2.50. The molecule has 0 aliphatic carbocycles. The minimum absolute atomic E-state index is 0.543. The van der Waals surface area contributed by atoms with E-state index in [0.29, 0.717) is 5.13 Å². The predicted octanol–water partition coefficient (Wildman–Crippen LogP) is 2.22. The van der Waals surface area contributed by atoms with Crippen molar-refractivity contribution < 1.29 is 4.79 Å². The summed E-state index contributed by atoms with van der Waals surface area (Å²) in [4.78, 5) is 14.9. The number of nitrogens with two attached hydrogens (primary N) is 1. The first-order valence-corrected chi connectivity index (χ1v) is 5.29. The first-order chi connectivity index (χ1) is 6.79. The van der Waals surface area contributed by atoms with Crippen molar-refractivity contribution >= 4 is 44.7 Å². The van der Waals surface area contributed by atoms with Crippen LogP contribution in [0, 0.1) is 0 Å². The third-order valence-corrected chi connectivity index (χ3v) is 3.04. The molecular weight excluding hydrogens is 218 g/mol. The fourth-order valence-electron chi connectivity index (χ4n) is 1.05. The summed E-state index contributed by atoms with van der Waals surface area (Å²) in [6, 6.07) is 5.59. The summed E-state index contributed by atoms with van der Waals surface area (Å²) in [5.74, 6) is 0. The molecule has 0 fully saturated rings. The molecule has 0 amide bonds. The zero-order valence-corrected chi connectivity index (χ0v) is 8.56. The summed E-state index contributed by atoms with van der Waals surface area (Å²) in [5, 5.41) is 0.543. The smallest absolute Gasteiger partial charge is 0.247 e. The minimum Gasteiger partial charge on any atom is -0.375 e. The van der Waals surface area contributed by atoms with Gasteiger partial charge in [-0.3, -0.25) is 0 Å². The molecule has 2 aromatic rings. The number of anilines is 1. The highest BCUT2D eigenvalue weighted by atomic mass is 32.2. The summed E-state index contributed by atoms with van der Waals surface area (Å²) in [7, 11) is 0. The molecule has 0 saturated heterocycles. The normalized spacial score (nSPS) is 10.0. The van der Waals surface area contributed by atoms with Crippen molar-refractivity contribution in [1.82, 2.24) is 4.98 Å². The first kappa shape index (κ1) is 9.21. The van der Waals surface area contributed by atoms with Gasteiger partial charge in [-0.05, 0) is 18.2 Å². The fraction of sp³-hybridized carbons (Fsp3) is 0. The van der Waals surface area contributed by atoms with Gasteiger partial charge in [0.1, 0.15) is 0 Å². The molecule has 70 valence electrons. The van der Waals surface area contributed by atoms with Crippen LogP contribution in [0.3, 0.4) is 0 Å². The quantitative estimate of drug-likeness (QED) is 0.481. The van der Waals surface area contributed by atoms with Crippen LogP contribution in [0.1, 0.15) is 0 Å². The van der Waals surface area contributed by atoms with Crippen molar-refractivity contribution in [2.45, 2.75) is 4.90 Å². The number of isocyanates is 1. The van der Waals surface area contributed by atoms with E-state index in [9.17, 15) is 4.79 Å². The molecule has 6 heteroatoms. The van der Waals surface area contributed by atoms with Gasteiger partial charge in [0.25, 0.3) is 0 Å². The third-order valence-electron chi connectivity index (χ3n) is 1.56. The number of carbonyl (C=O) groups excluding carboxylic acids is 1. The van der Waals surface area contributed by atoms with Gasteiger partial charge in [0.05, 0.1) is 10.2 Å². The standard InChI is InChI=1S/C8H5N3OS2/c9-8-11-6-2-1-5(14-10-4-12)3-7(6)13-8/h1-3H,(H2,9,11). The molecule has 0 spiro atoms. The minimum atomic E-state index is 0.543. The molecule has 0 unspecified atom stereocenters. The van der Waals surface area contributed by atoms with Crippen LogP contribution in [-0.4, -0.2) is 11.1 Å². The SMILES string of the molecule is Nc1nc2ccc(SN=C=O)cc2s1. The van der Waals surface area contributed by atoms with E-state index < -0.39 is 0 Å². The van der Waals surface area contributed by atoms with E-state index in [0.717, 1.165) is 27.1 Å². The Balaban J connectivity index is 2.44. The van der Waals surface area contributed by atoms with Crippen molar-refractivity contribution in [3.8, 4) is 0 Å². The topological polar surface area (TPSA) is 68.3 Å². The van der Waals surface area contributed by atoms with E-state index in [1.54, 1.807) is 0 Å². The average molecular weight is 223 g/mol. The Morgan fingerprint density at radius 3 is 3.21 bits per heavy atom.